The zero-order valence-electron chi connectivity index (χ0n) is 14.2. The molecule has 1 unspecified atom stereocenters. The molecule has 0 saturated heterocycles. The fraction of sp³-hybridized carbons (Fsp3) is 0.381. The lowest BCUT2D eigenvalue weighted by atomic mass is 9.89. The first kappa shape index (κ1) is 14.2. The van der Waals surface area contributed by atoms with Crippen LogP contribution in [0.15, 0.2) is 42.7 Å². The maximum Gasteiger partial charge on any atom is 0.0518 e. The molecule has 3 nitrogen and oxygen atoms in total. The van der Waals surface area contributed by atoms with Crippen LogP contribution < -0.4 is 0 Å². The lowest BCUT2D eigenvalue weighted by Gasteiger charge is -2.27. The molecular formula is C21H23N3. The van der Waals surface area contributed by atoms with Crippen molar-refractivity contribution in [2.24, 2.45) is 0 Å². The molecule has 3 aromatic rings. The normalized spacial score (nSPS) is 20.8. The van der Waals surface area contributed by atoms with E-state index in [4.69, 9.17) is 0 Å². The molecule has 2 aromatic heterocycles. The Balaban J connectivity index is 1.67. The van der Waals surface area contributed by atoms with Crippen LogP contribution in [0, 0.1) is 0 Å². The van der Waals surface area contributed by atoms with Crippen LogP contribution in [-0.2, 0) is 25.8 Å². The van der Waals surface area contributed by atoms with Gasteiger partial charge in [-0.15, -0.1) is 0 Å². The van der Waals surface area contributed by atoms with Gasteiger partial charge in [0.2, 0.25) is 0 Å². The minimum Gasteiger partial charge on any atom is -0.343 e. The fourth-order valence-corrected chi connectivity index (χ4v) is 4.66. The second-order valence-corrected chi connectivity index (χ2v) is 7.33. The van der Waals surface area contributed by atoms with Crippen molar-refractivity contribution in [3.63, 3.8) is 0 Å². The fourth-order valence-electron chi connectivity index (χ4n) is 4.66. The predicted octanol–water partition coefficient (Wildman–Crippen LogP) is 3.41. The first-order valence-corrected chi connectivity index (χ1v) is 9.01. The van der Waals surface area contributed by atoms with Crippen molar-refractivity contribution in [2.45, 2.75) is 31.7 Å². The first-order valence-electron chi connectivity index (χ1n) is 9.01. The maximum absolute atomic E-state index is 4.19. The van der Waals surface area contributed by atoms with Gasteiger partial charge in [0.1, 0.15) is 0 Å². The van der Waals surface area contributed by atoms with E-state index in [1.165, 1.54) is 48.0 Å². The molecule has 0 fully saturated rings. The molecule has 2 aliphatic heterocycles. The third kappa shape index (κ3) is 2.11. The third-order valence-corrected chi connectivity index (χ3v) is 5.91. The predicted molar refractivity (Wildman–Crippen MR) is 97.5 cm³/mol. The highest BCUT2D eigenvalue weighted by Gasteiger charge is 2.28. The van der Waals surface area contributed by atoms with E-state index in [-0.39, 0.29) is 0 Å². The summed E-state index contributed by atoms with van der Waals surface area (Å²) in [5.74, 6) is 0.559. The summed E-state index contributed by atoms with van der Waals surface area (Å²) in [6.45, 7) is 3.44. The molecule has 4 heterocycles. The van der Waals surface area contributed by atoms with Crippen LogP contribution in [-0.4, -0.2) is 34.6 Å². The quantitative estimate of drug-likeness (QED) is 0.686. The van der Waals surface area contributed by atoms with E-state index in [0.29, 0.717) is 5.92 Å². The van der Waals surface area contributed by atoms with Crippen molar-refractivity contribution < 1.29 is 0 Å². The van der Waals surface area contributed by atoms with E-state index in [2.05, 4.69) is 51.8 Å². The van der Waals surface area contributed by atoms with Crippen molar-refractivity contribution in [2.75, 3.05) is 20.1 Å². The average molecular weight is 317 g/mol. The molecule has 3 heteroatoms. The van der Waals surface area contributed by atoms with Crippen LogP contribution in [0.5, 0.6) is 0 Å². The highest BCUT2D eigenvalue weighted by atomic mass is 15.1. The van der Waals surface area contributed by atoms with Gasteiger partial charge in [-0.3, -0.25) is 4.98 Å². The van der Waals surface area contributed by atoms with Crippen LogP contribution in [0.25, 0.3) is 10.9 Å². The van der Waals surface area contributed by atoms with Gasteiger partial charge in [0.25, 0.3) is 0 Å². The number of benzene rings is 1. The zero-order chi connectivity index (χ0) is 16.1. The third-order valence-electron chi connectivity index (χ3n) is 5.91. The summed E-state index contributed by atoms with van der Waals surface area (Å²) in [5, 5.41) is 1.51. The minimum atomic E-state index is 0.559. The van der Waals surface area contributed by atoms with E-state index >= 15 is 0 Å². The standard InChI is InChI=1S/C21H23N3/c1-23-11-7-18-19-4-2-3-16-13-17(15-5-9-22-10-6-15)14-24(21(16)19)20(18)8-12-23/h2-6,9-10,17H,7-8,11-14H2,1H3. The molecule has 5 rings (SSSR count). The van der Waals surface area contributed by atoms with Crippen molar-refractivity contribution in [3.05, 3.63) is 65.1 Å². The molecule has 0 spiro atoms. The summed E-state index contributed by atoms with van der Waals surface area (Å²) >= 11 is 0. The average Bonchev–Trinajstić information content (AvgIpc) is 2.79. The summed E-state index contributed by atoms with van der Waals surface area (Å²) in [5.41, 5.74) is 7.63. The minimum absolute atomic E-state index is 0.559. The Labute approximate surface area is 142 Å². The van der Waals surface area contributed by atoms with Crippen molar-refractivity contribution in [1.29, 1.82) is 0 Å². The Morgan fingerprint density at radius 3 is 2.75 bits per heavy atom. The molecule has 0 radical (unpaired) electrons. The molecule has 1 aromatic carbocycles. The number of aromatic nitrogens is 2. The smallest absolute Gasteiger partial charge is 0.0518 e. The maximum atomic E-state index is 4.19. The van der Waals surface area contributed by atoms with Gasteiger partial charge in [0.15, 0.2) is 0 Å². The number of rotatable bonds is 1. The monoisotopic (exact) mass is 317 g/mol. The molecule has 1 atom stereocenters. The van der Waals surface area contributed by atoms with Gasteiger partial charge in [-0.05, 0) is 48.7 Å². The Morgan fingerprint density at radius 1 is 1.04 bits per heavy atom. The van der Waals surface area contributed by atoms with E-state index in [9.17, 15) is 0 Å². The van der Waals surface area contributed by atoms with Crippen molar-refractivity contribution in [3.8, 4) is 0 Å². The van der Waals surface area contributed by atoms with Crippen LogP contribution in [0.1, 0.15) is 28.3 Å². The molecule has 0 saturated carbocycles. The van der Waals surface area contributed by atoms with Gasteiger partial charge in [-0.1, -0.05) is 18.2 Å². The molecular weight excluding hydrogens is 294 g/mol. The lowest BCUT2D eigenvalue weighted by Crippen LogP contribution is -2.23. The Morgan fingerprint density at radius 2 is 1.88 bits per heavy atom. The van der Waals surface area contributed by atoms with Gasteiger partial charge in [-0.2, -0.15) is 0 Å². The van der Waals surface area contributed by atoms with E-state index in [1.807, 2.05) is 12.4 Å². The molecule has 0 bridgehead atoms. The second-order valence-electron chi connectivity index (χ2n) is 7.33. The molecule has 0 N–H and O–H groups in total. The topological polar surface area (TPSA) is 21.1 Å². The van der Waals surface area contributed by atoms with E-state index in [1.54, 1.807) is 11.3 Å². The van der Waals surface area contributed by atoms with Gasteiger partial charge in [0.05, 0.1) is 5.52 Å². The first-order chi connectivity index (χ1) is 11.8. The van der Waals surface area contributed by atoms with Crippen LogP contribution >= 0.6 is 0 Å². The highest BCUT2D eigenvalue weighted by molar-refractivity contribution is 5.89. The molecule has 2 aliphatic rings. The molecule has 122 valence electrons. The molecule has 0 amide bonds. The summed E-state index contributed by atoms with van der Waals surface area (Å²) < 4.78 is 2.65. The Hall–Kier alpha value is -2.13. The number of hydrogen-bond acceptors (Lipinski definition) is 2. The van der Waals surface area contributed by atoms with E-state index in [0.717, 1.165) is 13.0 Å². The number of para-hydroxylation sites is 1. The van der Waals surface area contributed by atoms with Crippen LogP contribution in [0.2, 0.25) is 0 Å². The largest absolute Gasteiger partial charge is 0.343 e. The summed E-state index contributed by atoms with van der Waals surface area (Å²) in [4.78, 5) is 6.66. The molecule has 0 aliphatic carbocycles. The van der Waals surface area contributed by atoms with Crippen molar-refractivity contribution in [1.82, 2.24) is 14.5 Å². The number of fused-ring (bicyclic) bond motifs is 3. The Bertz CT molecular complexity index is 894. The second kappa shape index (κ2) is 5.45. The summed E-state index contributed by atoms with van der Waals surface area (Å²) in [6.07, 6.45) is 7.35. The lowest BCUT2D eigenvalue weighted by molar-refractivity contribution is 0.350. The highest BCUT2D eigenvalue weighted by Crippen LogP contribution is 2.38. The zero-order valence-corrected chi connectivity index (χ0v) is 14.2. The summed E-state index contributed by atoms with van der Waals surface area (Å²) in [6, 6.07) is 11.3. The number of likely N-dealkylation sites (N-methyl/N-ethyl adjacent to an activating group) is 1. The number of hydrogen-bond donors (Lipinski definition) is 0. The van der Waals surface area contributed by atoms with Gasteiger partial charge in [0, 0.05) is 55.4 Å². The summed E-state index contributed by atoms with van der Waals surface area (Å²) in [7, 11) is 2.25. The molecule has 24 heavy (non-hydrogen) atoms. The van der Waals surface area contributed by atoms with Gasteiger partial charge >= 0.3 is 0 Å². The van der Waals surface area contributed by atoms with Gasteiger partial charge in [-0.25, -0.2) is 0 Å². The number of pyridine rings is 1. The van der Waals surface area contributed by atoms with Crippen LogP contribution in [0.4, 0.5) is 0 Å². The van der Waals surface area contributed by atoms with Crippen molar-refractivity contribution >= 4 is 10.9 Å². The SMILES string of the molecule is CN1CCc2c(n3c4c(cccc24)CC(c2ccncc2)C3)CC1. The number of nitrogens with zero attached hydrogens (tertiary/aromatic N) is 3. The Kier molecular flexibility index (Phi) is 3.23. The van der Waals surface area contributed by atoms with Gasteiger partial charge < -0.3 is 9.47 Å². The van der Waals surface area contributed by atoms with Crippen LogP contribution in [0.3, 0.4) is 0 Å². The van der Waals surface area contributed by atoms with E-state index < -0.39 is 0 Å².